The summed E-state index contributed by atoms with van der Waals surface area (Å²) in [4.78, 5) is 16.3. The quantitative estimate of drug-likeness (QED) is 0.586. The van der Waals surface area contributed by atoms with Gasteiger partial charge in [-0.2, -0.15) is 0 Å². The van der Waals surface area contributed by atoms with Crippen LogP contribution in [0.5, 0.6) is 11.5 Å². The summed E-state index contributed by atoms with van der Waals surface area (Å²) in [5, 5.41) is 0.579. The van der Waals surface area contributed by atoms with Gasteiger partial charge in [0.1, 0.15) is 0 Å². The maximum Gasteiger partial charge on any atom is 0.262 e. The SMILES string of the molecule is CCCCC(CC)Cn1c(=S)[nH]c2cc(OCC)c(OCC)cc2c1=O. The largest absolute Gasteiger partial charge is 0.490 e. The van der Waals surface area contributed by atoms with Gasteiger partial charge in [-0.25, -0.2) is 0 Å². The fourth-order valence-electron chi connectivity index (χ4n) is 3.14. The second-order valence-electron chi connectivity index (χ2n) is 6.47. The van der Waals surface area contributed by atoms with Gasteiger partial charge in [-0.3, -0.25) is 9.36 Å². The Bertz CT molecular complexity index is 841. The van der Waals surface area contributed by atoms with Crippen LogP contribution >= 0.6 is 12.2 Å². The molecule has 0 amide bonds. The number of nitrogens with zero attached hydrogens (tertiary/aromatic N) is 1. The highest BCUT2D eigenvalue weighted by molar-refractivity contribution is 7.71. The average molecular weight is 379 g/mol. The molecule has 0 aliphatic heterocycles. The van der Waals surface area contributed by atoms with E-state index in [1.807, 2.05) is 13.8 Å². The molecule has 1 unspecified atom stereocenters. The van der Waals surface area contributed by atoms with E-state index in [1.165, 1.54) is 6.42 Å². The fourth-order valence-corrected chi connectivity index (χ4v) is 3.41. The molecular weight excluding hydrogens is 348 g/mol. The normalized spacial score (nSPS) is 12.3. The van der Waals surface area contributed by atoms with Gasteiger partial charge in [0.05, 0.1) is 24.1 Å². The number of rotatable bonds is 10. The van der Waals surface area contributed by atoms with Gasteiger partial charge in [0, 0.05) is 12.6 Å². The molecule has 0 aliphatic rings. The van der Waals surface area contributed by atoms with Crippen LogP contribution in [0, 0.1) is 10.7 Å². The molecule has 0 saturated carbocycles. The fraction of sp³-hybridized carbons (Fsp3) is 0.600. The van der Waals surface area contributed by atoms with Crippen LogP contribution in [-0.2, 0) is 6.54 Å². The first kappa shape index (κ1) is 20.5. The summed E-state index contributed by atoms with van der Waals surface area (Å²) in [6, 6.07) is 3.57. The van der Waals surface area contributed by atoms with Gasteiger partial charge in [-0.1, -0.05) is 33.1 Å². The van der Waals surface area contributed by atoms with E-state index in [9.17, 15) is 4.79 Å². The summed E-state index contributed by atoms with van der Waals surface area (Å²) in [6.07, 6.45) is 4.48. The monoisotopic (exact) mass is 378 g/mol. The molecule has 0 spiro atoms. The molecule has 1 aromatic carbocycles. The molecule has 0 fully saturated rings. The summed E-state index contributed by atoms with van der Waals surface area (Å²) in [7, 11) is 0. The number of hydrogen-bond acceptors (Lipinski definition) is 4. The molecule has 2 aromatic rings. The predicted molar refractivity (Wildman–Crippen MR) is 109 cm³/mol. The van der Waals surface area contributed by atoms with Gasteiger partial charge < -0.3 is 14.5 Å². The number of unbranched alkanes of at least 4 members (excludes halogenated alkanes) is 1. The van der Waals surface area contributed by atoms with Crippen molar-refractivity contribution in [3.8, 4) is 11.5 Å². The van der Waals surface area contributed by atoms with E-state index in [0.29, 0.717) is 52.8 Å². The van der Waals surface area contributed by atoms with Crippen molar-refractivity contribution in [2.24, 2.45) is 5.92 Å². The predicted octanol–water partition coefficient (Wildman–Crippen LogP) is 5.07. The molecule has 26 heavy (non-hydrogen) atoms. The van der Waals surface area contributed by atoms with Gasteiger partial charge in [0.2, 0.25) is 0 Å². The van der Waals surface area contributed by atoms with Gasteiger partial charge in [-0.15, -0.1) is 0 Å². The van der Waals surface area contributed by atoms with Crippen LogP contribution in [0.1, 0.15) is 53.4 Å². The van der Waals surface area contributed by atoms with E-state index >= 15 is 0 Å². The molecular formula is C20H30N2O3S. The molecule has 6 heteroatoms. The van der Waals surface area contributed by atoms with Crippen LogP contribution in [-0.4, -0.2) is 22.8 Å². The van der Waals surface area contributed by atoms with E-state index < -0.39 is 0 Å². The highest BCUT2D eigenvalue weighted by atomic mass is 32.1. The zero-order valence-electron chi connectivity index (χ0n) is 16.3. The molecule has 0 bridgehead atoms. The topological polar surface area (TPSA) is 56.2 Å². The van der Waals surface area contributed by atoms with E-state index in [2.05, 4.69) is 18.8 Å². The zero-order chi connectivity index (χ0) is 19.1. The lowest BCUT2D eigenvalue weighted by atomic mass is 9.99. The molecule has 0 aliphatic carbocycles. The number of benzene rings is 1. The van der Waals surface area contributed by atoms with Crippen molar-refractivity contribution in [1.82, 2.24) is 9.55 Å². The Kier molecular flexibility index (Phi) is 7.69. The van der Waals surface area contributed by atoms with Crippen molar-refractivity contribution in [2.45, 2.75) is 59.9 Å². The average Bonchev–Trinajstić information content (AvgIpc) is 2.62. The molecule has 1 aromatic heterocycles. The molecule has 1 heterocycles. The standard InChI is InChI=1S/C20H30N2O3S/c1-5-9-10-14(6-2)13-22-19(23)15-11-17(24-7-3)18(25-8-4)12-16(15)21-20(22)26/h11-12,14H,5-10,13H2,1-4H3,(H,21,26). The minimum atomic E-state index is -0.0669. The summed E-state index contributed by atoms with van der Waals surface area (Å²) in [5.41, 5.74) is 0.618. The number of fused-ring (bicyclic) bond motifs is 1. The van der Waals surface area contributed by atoms with Crippen molar-refractivity contribution in [3.63, 3.8) is 0 Å². The molecule has 144 valence electrons. The first-order chi connectivity index (χ1) is 12.5. The summed E-state index contributed by atoms with van der Waals surface area (Å²) >= 11 is 5.47. The van der Waals surface area contributed by atoms with Crippen LogP contribution in [0.4, 0.5) is 0 Å². The second kappa shape index (κ2) is 9.76. The first-order valence-corrected chi connectivity index (χ1v) is 10.0. The maximum absolute atomic E-state index is 13.1. The Morgan fingerprint density at radius 3 is 2.35 bits per heavy atom. The molecule has 1 N–H and O–H groups in total. The van der Waals surface area contributed by atoms with Crippen LogP contribution < -0.4 is 15.0 Å². The van der Waals surface area contributed by atoms with Gasteiger partial charge in [-0.05, 0) is 44.5 Å². The Morgan fingerprint density at radius 2 is 1.77 bits per heavy atom. The summed E-state index contributed by atoms with van der Waals surface area (Å²) in [6.45, 7) is 9.87. The summed E-state index contributed by atoms with van der Waals surface area (Å²) < 4.78 is 13.5. The molecule has 0 radical (unpaired) electrons. The third kappa shape index (κ3) is 4.67. The van der Waals surface area contributed by atoms with Gasteiger partial charge in [0.25, 0.3) is 5.56 Å². The zero-order valence-corrected chi connectivity index (χ0v) is 17.1. The highest BCUT2D eigenvalue weighted by Gasteiger charge is 2.15. The molecule has 2 rings (SSSR count). The lowest BCUT2D eigenvalue weighted by molar-refractivity contribution is 0.288. The molecule has 0 saturated heterocycles. The second-order valence-corrected chi connectivity index (χ2v) is 6.86. The van der Waals surface area contributed by atoms with Gasteiger partial charge in [0.15, 0.2) is 16.3 Å². The molecule has 5 nitrogen and oxygen atoms in total. The van der Waals surface area contributed by atoms with Crippen molar-refractivity contribution >= 4 is 23.1 Å². The van der Waals surface area contributed by atoms with Crippen LogP contribution in [0.3, 0.4) is 0 Å². The van der Waals surface area contributed by atoms with Gasteiger partial charge >= 0.3 is 0 Å². The Morgan fingerprint density at radius 1 is 1.12 bits per heavy atom. The lowest BCUT2D eigenvalue weighted by Crippen LogP contribution is -2.26. The van der Waals surface area contributed by atoms with E-state index in [-0.39, 0.29) is 5.56 Å². The van der Waals surface area contributed by atoms with Crippen molar-refractivity contribution in [1.29, 1.82) is 0 Å². The first-order valence-electron chi connectivity index (χ1n) is 9.62. The van der Waals surface area contributed by atoms with E-state index in [0.717, 1.165) is 19.3 Å². The Labute approximate surface area is 160 Å². The minimum absolute atomic E-state index is 0.0669. The highest BCUT2D eigenvalue weighted by Crippen LogP contribution is 2.31. The summed E-state index contributed by atoms with van der Waals surface area (Å²) in [5.74, 6) is 1.67. The Hall–Kier alpha value is -1.82. The van der Waals surface area contributed by atoms with E-state index in [4.69, 9.17) is 21.7 Å². The Balaban J connectivity index is 2.52. The van der Waals surface area contributed by atoms with Crippen molar-refractivity contribution in [2.75, 3.05) is 13.2 Å². The number of hydrogen-bond donors (Lipinski definition) is 1. The van der Waals surface area contributed by atoms with Crippen LogP contribution in [0.15, 0.2) is 16.9 Å². The van der Waals surface area contributed by atoms with Crippen LogP contribution in [0.2, 0.25) is 0 Å². The van der Waals surface area contributed by atoms with E-state index in [1.54, 1.807) is 16.7 Å². The van der Waals surface area contributed by atoms with Crippen LogP contribution in [0.25, 0.3) is 10.9 Å². The minimum Gasteiger partial charge on any atom is -0.490 e. The number of ether oxygens (including phenoxy) is 2. The van der Waals surface area contributed by atoms with Crippen molar-refractivity contribution in [3.05, 3.63) is 27.3 Å². The smallest absolute Gasteiger partial charge is 0.262 e. The third-order valence-corrected chi connectivity index (χ3v) is 4.95. The maximum atomic E-state index is 13.1. The molecule has 1 atom stereocenters. The lowest BCUT2D eigenvalue weighted by Gasteiger charge is -2.17. The third-order valence-electron chi connectivity index (χ3n) is 4.63. The number of H-pyrrole nitrogens is 1. The number of nitrogens with one attached hydrogen (secondary N) is 1. The van der Waals surface area contributed by atoms with Crippen molar-refractivity contribution < 1.29 is 9.47 Å². The number of aromatic amines is 1. The number of aromatic nitrogens is 2.